The van der Waals surface area contributed by atoms with Gasteiger partial charge < -0.3 is 5.21 Å². The fourth-order valence-electron chi connectivity index (χ4n) is 0.997. The highest BCUT2D eigenvalue weighted by molar-refractivity contribution is 7.12. The number of hydrogen-bond acceptors (Lipinski definition) is 3. The molecule has 0 amide bonds. The van der Waals surface area contributed by atoms with E-state index in [1.54, 1.807) is 11.3 Å². The van der Waals surface area contributed by atoms with Crippen molar-refractivity contribution in [1.82, 2.24) is 5.48 Å². The van der Waals surface area contributed by atoms with Gasteiger partial charge in [0.05, 0.1) is 6.04 Å². The number of rotatable bonds is 3. The minimum absolute atomic E-state index is 0.105. The number of nitrogens with one attached hydrogen (secondary N) is 1. The molecule has 2 nitrogen and oxygen atoms in total. The first-order valence-electron chi connectivity index (χ1n) is 3.74. The van der Waals surface area contributed by atoms with E-state index in [0.717, 1.165) is 6.42 Å². The lowest BCUT2D eigenvalue weighted by atomic mass is 10.2. The van der Waals surface area contributed by atoms with Crippen LogP contribution in [0.1, 0.15) is 29.1 Å². The number of hydrogen-bond donors (Lipinski definition) is 2. The molecule has 0 fully saturated rings. The van der Waals surface area contributed by atoms with Crippen LogP contribution in [0.15, 0.2) is 12.1 Å². The lowest BCUT2D eigenvalue weighted by Gasteiger charge is -2.08. The molecule has 1 rings (SSSR count). The van der Waals surface area contributed by atoms with Crippen LogP contribution in [0, 0.1) is 6.92 Å². The van der Waals surface area contributed by atoms with Gasteiger partial charge in [0.25, 0.3) is 0 Å². The minimum Gasteiger partial charge on any atom is -0.316 e. The van der Waals surface area contributed by atoms with E-state index in [1.165, 1.54) is 9.75 Å². The Hall–Kier alpha value is -0.380. The highest BCUT2D eigenvalue weighted by atomic mass is 32.1. The summed E-state index contributed by atoms with van der Waals surface area (Å²) in [4.78, 5) is 2.49. The second-order valence-electron chi connectivity index (χ2n) is 2.54. The van der Waals surface area contributed by atoms with Gasteiger partial charge in [-0.05, 0) is 25.5 Å². The molecule has 0 aliphatic carbocycles. The summed E-state index contributed by atoms with van der Waals surface area (Å²) in [6.45, 7) is 4.11. The second-order valence-corrected chi connectivity index (χ2v) is 3.86. The average Bonchev–Trinajstić information content (AvgIpc) is 2.39. The summed E-state index contributed by atoms with van der Waals surface area (Å²) < 4.78 is 0. The third kappa shape index (κ3) is 2.02. The maximum atomic E-state index is 8.75. The summed E-state index contributed by atoms with van der Waals surface area (Å²) in [6, 6.07) is 4.23. The third-order valence-corrected chi connectivity index (χ3v) is 2.78. The zero-order chi connectivity index (χ0) is 8.27. The molecule has 0 aliphatic heterocycles. The van der Waals surface area contributed by atoms with Crippen LogP contribution in [0.4, 0.5) is 0 Å². The average molecular weight is 171 g/mol. The van der Waals surface area contributed by atoms with Crippen LogP contribution in [-0.4, -0.2) is 5.21 Å². The summed E-state index contributed by atoms with van der Waals surface area (Å²) in [6.07, 6.45) is 0.913. The Bertz CT molecular complexity index is 218. The molecule has 1 aromatic heterocycles. The van der Waals surface area contributed by atoms with Crippen molar-refractivity contribution in [3.8, 4) is 0 Å². The number of hydroxylamine groups is 1. The summed E-state index contributed by atoms with van der Waals surface area (Å²) in [7, 11) is 0. The Morgan fingerprint density at radius 2 is 2.36 bits per heavy atom. The molecular formula is C8H13NOS. The quantitative estimate of drug-likeness (QED) is 0.685. The van der Waals surface area contributed by atoms with E-state index in [4.69, 9.17) is 5.21 Å². The Morgan fingerprint density at radius 3 is 2.73 bits per heavy atom. The van der Waals surface area contributed by atoms with Crippen LogP contribution < -0.4 is 5.48 Å². The van der Waals surface area contributed by atoms with Gasteiger partial charge in [-0.25, -0.2) is 0 Å². The fourth-order valence-corrected chi connectivity index (χ4v) is 2.00. The predicted octanol–water partition coefficient (Wildman–Crippen LogP) is 2.49. The SMILES string of the molecule is CCC(NO)c1ccc(C)s1. The first-order chi connectivity index (χ1) is 5.27. The zero-order valence-corrected chi connectivity index (χ0v) is 7.61. The highest BCUT2D eigenvalue weighted by Crippen LogP contribution is 2.24. The molecule has 62 valence electrons. The molecule has 0 radical (unpaired) electrons. The van der Waals surface area contributed by atoms with Crippen LogP contribution in [0.2, 0.25) is 0 Å². The summed E-state index contributed by atoms with van der Waals surface area (Å²) >= 11 is 1.72. The van der Waals surface area contributed by atoms with Crippen molar-refractivity contribution in [3.63, 3.8) is 0 Å². The van der Waals surface area contributed by atoms with Gasteiger partial charge in [-0.3, -0.25) is 0 Å². The van der Waals surface area contributed by atoms with Gasteiger partial charge in [-0.1, -0.05) is 6.92 Å². The molecule has 0 bridgehead atoms. The van der Waals surface area contributed by atoms with Gasteiger partial charge >= 0.3 is 0 Å². The van der Waals surface area contributed by atoms with Gasteiger partial charge in [0.2, 0.25) is 0 Å². The van der Waals surface area contributed by atoms with Gasteiger partial charge in [0.1, 0.15) is 0 Å². The summed E-state index contributed by atoms with van der Waals surface area (Å²) in [5.74, 6) is 0. The van der Waals surface area contributed by atoms with Gasteiger partial charge in [0, 0.05) is 9.75 Å². The van der Waals surface area contributed by atoms with Crippen molar-refractivity contribution < 1.29 is 5.21 Å². The number of thiophene rings is 1. The normalized spacial score (nSPS) is 13.4. The van der Waals surface area contributed by atoms with Crippen molar-refractivity contribution in [2.45, 2.75) is 26.3 Å². The van der Waals surface area contributed by atoms with E-state index in [9.17, 15) is 0 Å². The van der Waals surface area contributed by atoms with Gasteiger partial charge in [0.15, 0.2) is 0 Å². The lowest BCUT2D eigenvalue weighted by molar-refractivity contribution is 0.125. The molecular weight excluding hydrogens is 158 g/mol. The lowest BCUT2D eigenvalue weighted by Crippen LogP contribution is -2.14. The third-order valence-electron chi connectivity index (χ3n) is 1.67. The predicted molar refractivity (Wildman–Crippen MR) is 47.0 cm³/mol. The van der Waals surface area contributed by atoms with E-state index in [1.807, 2.05) is 6.92 Å². The van der Waals surface area contributed by atoms with Crippen LogP contribution in [-0.2, 0) is 0 Å². The van der Waals surface area contributed by atoms with Crippen molar-refractivity contribution in [2.75, 3.05) is 0 Å². The summed E-state index contributed by atoms with van der Waals surface area (Å²) in [5, 5.41) is 8.75. The van der Waals surface area contributed by atoms with Crippen molar-refractivity contribution >= 4 is 11.3 Å². The zero-order valence-electron chi connectivity index (χ0n) is 6.79. The van der Waals surface area contributed by atoms with Crippen LogP contribution in [0.5, 0.6) is 0 Å². The fraction of sp³-hybridized carbons (Fsp3) is 0.500. The monoisotopic (exact) mass is 171 g/mol. The molecule has 3 heteroatoms. The van der Waals surface area contributed by atoms with Crippen LogP contribution in [0.3, 0.4) is 0 Å². The molecule has 0 aromatic carbocycles. The Morgan fingerprint density at radius 1 is 1.64 bits per heavy atom. The Kier molecular flexibility index (Phi) is 3.05. The smallest absolute Gasteiger partial charge is 0.0659 e. The minimum atomic E-state index is 0.105. The largest absolute Gasteiger partial charge is 0.316 e. The van der Waals surface area contributed by atoms with E-state index in [-0.39, 0.29) is 6.04 Å². The standard InChI is InChI=1S/C8H13NOS/c1-3-7(9-10)8-5-4-6(2)11-8/h4-5,7,9-10H,3H2,1-2H3. The Balaban J connectivity index is 2.73. The van der Waals surface area contributed by atoms with Gasteiger partial charge in [-0.2, -0.15) is 5.48 Å². The van der Waals surface area contributed by atoms with E-state index >= 15 is 0 Å². The maximum Gasteiger partial charge on any atom is 0.0659 e. The molecule has 1 unspecified atom stereocenters. The van der Waals surface area contributed by atoms with Crippen LogP contribution in [0.25, 0.3) is 0 Å². The molecule has 1 atom stereocenters. The maximum absolute atomic E-state index is 8.75. The molecule has 0 aliphatic rings. The van der Waals surface area contributed by atoms with E-state index in [2.05, 4.69) is 24.5 Å². The van der Waals surface area contributed by atoms with Gasteiger partial charge in [-0.15, -0.1) is 11.3 Å². The molecule has 2 N–H and O–H groups in total. The molecule has 11 heavy (non-hydrogen) atoms. The molecule has 0 saturated carbocycles. The molecule has 1 heterocycles. The van der Waals surface area contributed by atoms with Crippen molar-refractivity contribution in [1.29, 1.82) is 0 Å². The highest BCUT2D eigenvalue weighted by Gasteiger charge is 2.08. The molecule has 0 spiro atoms. The molecule has 0 saturated heterocycles. The second kappa shape index (κ2) is 3.85. The first-order valence-corrected chi connectivity index (χ1v) is 4.55. The van der Waals surface area contributed by atoms with Crippen LogP contribution >= 0.6 is 11.3 Å². The van der Waals surface area contributed by atoms with E-state index < -0.39 is 0 Å². The van der Waals surface area contributed by atoms with Crippen molar-refractivity contribution in [3.05, 3.63) is 21.9 Å². The number of aryl methyl sites for hydroxylation is 1. The molecule has 1 aromatic rings. The first kappa shape index (κ1) is 8.71. The van der Waals surface area contributed by atoms with Crippen molar-refractivity contribution in [2.24, 2.45) is 0 Å². The Labute approximate surface area is 70.8 Å². The topological polar surface area (TPSA) is 32.3 Å². The summed E-state index contributed by atoms with van der Waals surface area (Å²) in [5.41, 5.74) is 2.29. The van der Waals surface area contributed by atoms with E-state index in [0.29, 0.717) is 0 Å².